The quantitative estimate of drug-likeness (QED) is 0.890. The van der Waals surface area contributed by atoms with Crippen molar-refractivity contribution in [3.8, 4) is 11.8 Å². The molecular formula is C16H15N5O2. The number of phenolic OH excluding ortho intramolecular Hbond substituents is 1. The number of rotatable bonds is 2. The van der Waals surface area contributed by atoms with Gasteiger partial charge in [0.25, 0.3) is 5.91 Å². The molecule has 3 rings (SSSR count). The number of nitriles is 1. The number of phenols is 1. The third-order valence-electron chi connectivity index (χ3n) is 3.79. The standard InChI is InChI=1S/C16H15N5O2/c17-11-13-15(19-6-5-18-13)20-7-9-21(10-8-20)16(23)12-3-1-2-4-14(12)22/h1-6,22H,7-10H2. The van der Waals surface area contributed by atoms with Gasteiger partial charge in [0.2, 0.25) is 0 Å². The summed E-state index contributed by atoms with van der Waals surface area (Å²) in [6.07, 6.45) is 3.04. The summed E-state index contributed by atoms with van der Waals surface area (Å²) in [6.45, 7) is 2.11. The summed E-state index contributed by atoms with van der Waals surface area (Å²) in [5, 5.41) is 18.9. The fraction of sp³-hybridized carbons (Fsp3) is 0.250. The van der Waals surface area contributed by atoms with Crippen LogP contribution in [0, 0.1) is 11.3 Å². The topological polar surface area (TPSA) is 93.4 Å². The lowest BCUT2D eigenvalue weighted by Gasteiger charge is -2.35. The minimum absolute atomic E-state index is 0.0133. The van der Waals surface area contributed by atoms with E-state index in [0.29, 0.717) is 37.6 Å². The second-order valence-electron chi connectivity index (χ2n) is 5.14. The number of carbonyl (C=O) groups excluding carboxylic acids is 1. The molecule has 2 heterocycles. The van der Waals surface area contributed by atoms with E-state index < -0.39 is 0 Å². The number of piperazine rings is 1. The lowest BCUT2D eigenvalue weighted by Crippen LogP contribution is -2.49. The molecule has 0 aliphatic carbocycles. The summed E-state index contributed by atoms with van der Waals surface area (Å²) >= 11 is 0. The Morgan fingerprint density at radius 1 is 1.13 bits per heavy atom. The molecule has 1 saturated heterocycles. The Hall–Kier alpha value is -3.14. The third kappa shape index (κ3) is 2.92. The van der Waals surface area contributed by atoms with Gasteiger partial charge in [-0.15, -0.1) is 0 Å². The number of nitrogens with zero attached hydrogens (tertiary/aromatic N) is 5. The molecule has 2 aromatic rings. The van der Waals surface area contributed by atoms with Crippen molar-refractivity contribution >= 4 is 11.7 Å². The molecule has 1 fully saturated rings. The highest BCUT2D eigenvalue weighted by molar-refractivity contribution is 5.96. The average molecular weight is 309 g/mol. The number of aromatic nitrogens is 2. The van der Waals surface area contributed by atoms with Crippen LogP contribution < -0.4 is 4.90 Å². The van der Waals surface area contributed by atoms with Crippen LogP contribution in [-0.4, -0.2) is 52.1 Å². The Bertz CT molecular complexity index is 763. The maximum Gasteiger partial charge on any atom is 0.257 e. The second-order valence-corrected chi connectivity index (χ2v) is 5.14. The number of carbonyl (C=O) groups is 1. The zero-order chi connectivity index (χ0) is 16.2. The first-order valence-corrected chi connectivity index (χ1v) is 7.24. The highest BCUT2D eigenvalue weighted by atomic mass is 16.3. The van der Waals surface area contributed by atoms with E-state index >= 15 is 0 Å². The van der Waals surface area contributed by atoms with Crippen molar-refractivity contribution in [3.05, 3.63) is 47.9 Å². The van der Waals surface area contributed by atoms with Gasteiger partial charge in [-0.05, 0) is 12.1 Å². The van der Waals surface area contributed by atoms with Gasteiger partial charge < -0.3 is 14.9 Å². The van der Waals surface area contributed by atoms with E-state index in [1.165, 1.54) is 12.3 Å². The summed E-state index contributed by atoms with van der Waals surface area (Å²) in [4.78, 5) is 24.3. The maximum absolute atomic E-state index is 12.5. The van der Waals surface area contributed by atoms with Gasteiger partial charge in [0.15, 0.2) is 11.5 Å². The van der Waals surface area contributed by atoms with Crippen LogP contribution >= 0.6 is 0 Å². The zero-order valence-electron chi connectivity index (χ0n) is 12.4. The van der Waals surface area contributed by atoms with Crippen molar-refractivity contribution in [2.24, 2.45) is 0 Å². The van der Waals surface area contributed by atoms with Crippen molar-refractivity contribution in [3.63, 3.8) is 0 Å². The van der Waals surface area contributed by atoms with E-state index in [1.54, 1.807) is 29.3 Å². The van der Waals surface area contributed by atoms with Gasteiger partial charge in [0.1, 0.15) is 11.8 Å². The molecule has 1 aromatic carbocycles. The van der Waals surface area contributed by atoms with Gasteiger partial charge in [-0.3, -0.25) is 4.79 Å². The minimum Gasteiger partial charge on any atom is -0.507 e. The number of para-hydroxylation sites is 1. The predicted octanol–water partition coefficient (Wildman–Crippen LogP) is 1.02. The van der Waals surface area contributed by atoms with Crippen molar-refractivity contribution in [2.75, 3.05) is 31.1 Å². The minimum atomic E-state index is -0.192. The van der Waals surface area contributed by atoms with E-state index in [2.05, 4.69) is 9.97 Å². The lowest BCUT2D eigenvalue weighted by atomic mass is 10.1. The van der Waals surface area contributed by atoms with E-state index in [9.17, 15) is 9.90 Å². The molecule has 7 heteroatoms. The summed E-state index contributed by atoms with van der Waals surface area (Å²) in [6, 6.07) is 8.55. The highest BCUT2D eigenvalue weighted by Crippen LogP contribution is 2.20. The first-order valence-electron chi connectivity index (χ1n) is 7.24. The van der Waals surface area contributed by atoms with Gasteiger partial charge in [-0.25, -0.2) is 9.97 Å². The van der Waals surface area contributed by atoms with Gasteiger partial charge in [0, 0.05) is 38.6 Å². The molecule has 1 N–H and O–H groups in total. The average Bonchev–Trinajstić information content (AvgIpc) is 2.61. The summed E-state index contributed by atoms with van der Waals surface area (Å²) in [5.74, 6) is 0.340. The number of hydrogen-bond donors (Lipinski definition) is 1. The molecule has 7 nitrogen and oxygen atoms in total. The molecule has 23 heavy (non-hydrogen) atoms. The van der Waals surface area contributed by atoms with Crippen LogP contribution in [0.3, 0.4) is 0 Å². The molecule has 0 unspecified atom stereocenters. The second kappa shape index (κ2) is 6.32. The monoisotopic (exact) mass is 309 g/mol. The maximum atomic E-state index is 12.5. The van der Waals surface area contributed by atoms with Crippen LogP contribution in [-0.2, 0) is 0 Å². The number of amides is 1. The van der Waals surface area contributed by atoms with Crippen LogP contribution in [0.4, 0.5) is 5.82 Å². The fourth-order valence-corrected chi connectivity index (χ4v) is 2.59. The van der Waals surface area contributed by atoms with Gasteiger partial charge in [0.05, 0.1) is 5.56 Å². The van der Waals surface area contributed by atoms with Crippen LogP contribution in [0.15, 0.2) is 36.7 Å². The van der Waals surface area contributed by atoms with Gasteiger partial charge >= 0.3 is 0 Å². The highest BCUT2D eigenvalue weighted by Gasteiger charge is 2.25. The normalized spacial score (nSPS) is 14.4. The molecule has 1 amide bonds. The Morgan fingerprint density at radius 3 is 2.52 bits per heavy atom. The number of anilines is 1. The van der Waals surface area contributed by atoms with Crippen molar-refractivity contribution in [1.82, 2.24) is 14.9 Å². The molecule has 1 aliphatic rings. The molecule has 0 radical (unpaired) electrons. The van der Waals surface area contributed by atoms with Crippen molar-refractivity contribution in [1.29, 1.82) is 5.26 Å². The van der Waals surface area contributed by atoms with Gasteiger partial charge in [-0.1, -0.05) is 12.1 Å². The Labute approximate surface area is 133 Å². The molecule has 116 valence electrons. The first-order chi connectivity index (χ1) is 11.2. The van der Waals surface area contributed by atoms with E-state index in [0.717, 1.165) is 0 Å². The SMILES string of the molecule is N#Cc1nccnc1N1CCN(C(=O)c2ccccc2O)CC1. The third-order valence-corrected chi connectivity index (χ3v) is 3.79. The Kier molecular flexibility index (Phi) is 4.06. The molecule has 0 bridgehead atoms. The van der Waals surface area contributed by atoms with Crippen LogP contribution in [0.5, 0.6) is 5.75 Å². The molecule has 1 aromatic heterocycles. The predicted molar refractivity (Wildman–Crippen MR) is 83.0 cm³/mol. The molecule has 0 spiro atoms. The number of hydrogen-bond acceptors (Lipinski definition) is 6. The van der Waals surface area contributed by atoms with E-state index in [1.807, 2.05) is 11.0 Å². The molecule has 0 atom stereocenters. The molecule has 0 saturated carbocycles. The largest absolute Gasteiger partial charge is 0.507 e. The van der Waals surface area contributed by atoms with Crippen molar-refractivity contribution < 1.29 is 9.90 Å². The van der Waals surface area contributed by atoms with E-state index in [-0.39, 0.29) is 17.4 Å². The first kappa shape index (κ1) is 14.8. The summed E-state index contributed by atoms with van der Waals surface area (Å²) < 4.78 is 0. The Morgan fingerprint density at radius 2 is 1.83 bits per heavy atom. The summed E-state index contributed by atoms with van der Waals surface area (Å²) in [5.41, 5.74) is 0.589. The molecular weight excluding hydrogens is 294 g/mol. The number of benzene rings is 1. The Balaban J connectivity index is 1.71. The molecule has 1 aliphatic heterocycles. The zero-order valence-corrected chi connectivity index (χ0v) is 12.4. The number of aromatic hydroxyl groups is 1. The smallest absolute Gasteiger partial charge is 0.257 e. The van der Waals surface area contributed by atoms with Gasteiger partial charge in [-0.2, -0.15) is 5.26 Å². The van der Waals surface area contributed by atoms with Crippen LogP contribution in [0.2, 0.25) is 0 Å². The summed E-state index contributed by atoms with van der Waals surface area (Å²) in [7, 11) is 0. The van der Waals surface area contributed by atoms with Crippen molar-refractivity contribution in [2.45, 2.75) is 0 Å². The lowest BCUT2D eigenvalue weighted by molar-refractivity contribution is 0.0743. The van der Waals surface area contributed by atoms with E-state index in [4.69, 9.17) is 5.26 Å². The van der Waals surface area contributed by atoms with Crippen LogP contribution in [0.25, 0.3) is 0 Å². The van der Waals surface area contributed by atoms with Crippen LogP contribution in [0.1, 0.15) is 16.1 Å². The fourth-order valence-electron chi connectivity index (χ4n) is 2.59.